The molecule has 28 heavy (non-hydrogen) atoms. The largest absolute Gasteiger partial charge is 0.491 e. The van der Waals surface area contributed by atoms with Crippen molar-refractivity contribution in [2.45, 2.75) is 32.0 Å². The highest BCUT2D eigenvalue weighted by Crippen LogP contribution is 2.21. The van der Waals surface area contributed by atoms with Crippen molar-refractivity contribution in [3.63, 3.8) is 0 Å². The minimum absolute atomic E-state index is 0.0216. The Morgan fingerprint density at radius 2 is 2.07 bits per heavy atom. The third-order valence-corrected chi connectivity index (χ3v) is 6.56. The number of aliphatic hydroxyl groups is 1. The Balaban J connectivity index is 1.58. The summed E-state index contributed by atoms with van der Waals surface area (Å²) < 4.78 is 34.7. The number of furan rings is 1. The molecule has 0 radical (unpaired) electrons. The predicted molar refractivity (Wildman–Crippen MR) is 104 cm³/mol. The lowest BCUT2D eigenvalue weighted by molar-refractivity contribution is 0.0497. The van der Waals surface area contributed by atoms with Crippen LogP contribution in [0.5, 0.6) is 5.75 Å². The second-order valence-corrected chi connectivity index (χ2v) is 9.34. The molecule has 0 saturated carbocycles. The molecule has 152 valence electrons. The number of nitrogens with zero attached hydrogens (tertiary/aromatic N) is 1. The Morgan fingerprint density at radius 3 is 2.64 bits per heavy atom. The molecule has 2 atom stereocenters. The molecule has 1 saturated heterocycles. The summed E-state index contributed by atoms with van der Waals surface area (Å²) in [6.45, 7) is 2.26. The number of aliphatic hydroxyl groups excluding tert-OH is 1. The molecule has 2 aromatic rings. The van der Waals surface area contributed by atoms with Crippen LogP contribution in [0.1, 0.15) is 29.5 Å². The van der Waals surface area contributed by atoms with E-state index in [0.717, 1.165) is 5.76 Å². The Morgan fingerprint density at radius 1 is 1.32 bits per heavy atom. The van der Waals surface area contributed by atoms with Crippen molar-refractivity contribution in [2.24, 2.45) is 0 Å². The van der Waals surface area contributed by atoms with Crippen LogP contribution in [0.3, 0.4) is 0 Å². The predicted octanol–water partition coefficient (Wildman–Crippen LogP) is 1.91. The molecule has 2 heterocycles. The first-order valence-corrected chi connectivity index (χ1v) is 11.0. The summed E-state index contributed by atoms with van der Waals surface area (Å²) in [5, 5.41) is 10.4. The van der Waals surface area contributed by atoms with Gasteiger partial charge in [-0.05, 0) is 49.7 Å². The van der Waals surface area contributed by atoms with Gasteiger partial charge in [0.1, 0.15) is 24.2 Å². The number of benzene rings is 1. The highest BCUT2D eigenvalue weighted by atomic mass is 32.2. The van der Waals surface area contributed by atoms with Crippen LogP contribution in [0, 0.1) is 0 Å². The maximum Gasteiger partial charge on any atom is 0.159 e. The van der Waals surface area contributed by atoms with E-state index in [0.29, 0.717) is 24.3 Å². The molecular formula is C20H25NO6S. The fraction of sp³-hybridized carbons (Fsp3) is 0.450. The van der Waals surface area contributed by atoms with Crippen LogP contribution in [0.4, 0.5) is 0 Å². The highest BCUT2D eigenvalue weighted by Gasteiger charge is 2.33. The zero-order chi connectivity index (χ0) is 20.1. The number of ketones is 1. The molecular weight excluding hydrogens is 382 g/mol. The summed E-state index contributed by atoms with van der Waals surface area (Å²) in [4.78, 5) is 13.3. The summed E-state index contributed by atoms with van der Waals surface area (Å²) in [5.74, 6) is 1.52. The Labute approximate surface area is 164 Å². The van der Waals surface area contributed by atoms with Gasteiger partial charge in [0.2, 0.25) is 0 Å². The first-order chi connectivity index (χ1) is 13.3. The van der Waals surface area contributed by atoms with Gasteiger partial charge < -0.3 is 14.3 Å². The van der Waals surface area contributed by atoms with Crippen LogP contribution in [-0.4, -0.2) is 61.0 Å². The molecule has 1 aliphatic rings. The van der Waals surface area contributed by atoms with Crippen LogP contribution in [0.25, 0.3) is 0 Å². The number of carbonyl (C=O) groups is 1. The molecule has 0 bridgehead atoms. The normalized spacial score (nSPS) is 19.6. The average Bonchev–Trinajstić information content (AvgIpc) is 3.29. The van der Waals surface area contributed by atoms with E-state index in [-0.39, 0.29) is 36.5 Å². The Bertz CT molecular complexity index is 876. The second-order valence-electron chi connectivity index (χ2n) is 7.11. The summed E-state index contributed by atoms with van der Waals surface area (Å²) in [7, 11) is -3.03. The topological polar surface area (TPSA) is 97.1 Å². The van der Waals surface area contributed by atoms with Gasteiger partial charge in [0.25, 0.3) is 0 Å². The number of carbonyl (C=O) groups excluding carboxylic acids is 1. The van der Waals surface area contributed by atoms with Gasteiger partial charge in [-0.1, -0.05) is 0 Å². The fourth-order valence-electron chi connectivity index (χ4n) is 3.31. The molecule has 1 aromatic heterocycles. The summed E-state index contributed by atoms with van der Waals surface area (Å²) >= 11 is 0. The average molecular weight is 407 g/mol. The van der Waals surface area contributed by atoms with Crippen molar-refractivity contribution in [2.75, 3.05) is 24.7 Å². The van der Waals surface area contributed by atoms with Gasteiger partial charge in [0, 0.05) is 18.2 Å². The summed E-state index contributed by atoms with van der Waals surface area (Å²) in [6.07, 6.45) is 1.32. The fourth-order valence-corrected chi connectivity index (χ4v) is 5.07. The van der Waals surface area contributed by atoms with Crippen molar-refractivity contribution >= 4 is 15.6 Å². The zero-order valence-electron chi connectivity index (χ0n) is 15.8. The minimum Gasteiger partial charge on any atom is -0.491 e. The molecule has 1 aromatic carbocycles. The van der Waals surface area contributed by atoms with Crippen LogP contribution in [0.2, 0.25) is 0 Å². The van der Waals surface area contributed by atoms with Crippen molar-refractivity contribution < 1.29 is 27.5 Å². The molecule has 1 N–H and O–H groups in total. The van der Waals surface area contributed by atoms with Gasteiger partial charge in [-0.15, -0.1) is 0 Å². The Kier molecular flexibility index (Phi) is 6.53. The zero-order valence-corrected chi connectivity index (χ0v) is 16.6. The number of rotatable bonds is 9. The SMILES string of the molecule is CC(=O)c1ccc(OCC(O)CN(Cc2ccco2)C2CCS(=O)(=O)C2)cc1. The van der Waals surface area contributed by atoms with Crippen LogP contribution >= 0.6 is 0 Å². The second kappa shape index (κ2) is 8.89. The third kappa shape index (κ3) is 5.67. The molecule has 0 aliphatic carbocycles. The number of Topliss-reactive ketones (excluding diaryl/α,β-unsaturated/α-hetero) is 1. The lowest BCUT2D eigenvalue weighted by Gasteiger charge is -2.29. The lowest BCUT2D eigenvalue weighted by atomic mass is 10.1. The maximum atomic E-state index is 11.9. The van der Waals surface area contributed by atoms with Crippen molar-refractivity contribution in [1.29, 1.82) is 0 Å². The van der Waals surface area contributed by atoms with E-state index in [1.54, 1.807) is 36.6 Å². The van der Waals surface area contributed by atoms with Crippen LogP contribution in [-0.2, 0) is 16.4 Å². The molecule has 3 rings (SSSR count). The van der Waals surface area contributed by atoms with Crippen LogP contribution < -0.4 is 4.74 Å². The number of hydrogen-bond donors (Lipinski definition) is 1. The molecule has 8 heteroatoms. The molecule has 2 unspecified atom stereocenters. The lowest BCUT2D eigenvalue weighted by Crippen LogP contribution is -2.42. The molecule has 0 spiro atoms. The van der Waals surface area contributed by atoms with E-state index in [9.17, 15) is 18.3 Å². The van der Waals surface area contributed by atoms with Gasteiger partial charge in [-0.25, -0.2) is 8.42 Å². The van der Waals surface area contributed by atoms with E-state index < -0.39 is 15.9 Å². The van der Waals surface area contributed by atoms with E-state index >= 15 is 0 Å². The highest BCUT2D eigenvalue weighted by molar-refractivity contribution is 7.91. The monoisotopic (exact) mass is 407 g/mol. The maximum absolute atomic E-state index is 11.9. The standard InChI is InChI=1S/C20H25NO6S/c1-15(22)16-4-6-19(7-5-16)27-13-18(23)11-21(12-20-3-2-9-26-20)17-8-10-28(24,25)14-17/h2-7,9,17-18,23H,8,10-14H2,1H3. The van der Waals surface area contributed by atoms with Gasteiger partial charge >= 0.3 is 0 Å². The van der Waals surface area contributed by atoms with Crippen molar-refractivity contribution in [3.05, 3.63) is 54.0 Å². The molecule has 1 fully saturated rings. The van der Waals surface area contributed by atoms with Crippen molar-refractivity contribution in [1.82, 2.24) is 4.90 Å². The first-order valence-electron chi connectivity index (χ1n) is 9.21. The third-order valence-electron chi connectivity index (χ3n) is 4.81. The minimum atomic E-state index is -3.03. The van der Waals surface area contributed by atoms with Gasteiger partial charge in [0.15, 0.2) is 15.6 Å². The molecule has 1 aliphatic heterocycles. The van der Waals surface area contributed by atoms with Gasteiger partial charge in [0.05, 0.1) is 24.3 Å². The van der Waals surface area contributed by atoms with Crippen molar-refractivity contribution in [3.8, 4) is 5.75 Å². The van der Waals surface area contributed by atoms with E-state index in [2.05, 4.69) is 0 Å². The van der Waals surface area contributed by atoms with E-state index in [4.69, 9.17) is 9.15 Å². The number of sulfone groups is 1. The molecule has 7 nitrogen and oxygen atoms in total. The van der Waals surface area contributed by atoms with Gasteiger partial charge in [-0.2, -0.15) is 0 Å². The van der Waals surface area contributed by atoms with E-state index in [1.165, 1.54) is 6.92 Å². The quantitative estimate of drug-likeness (QED) is 0.634. The molecule has 0 amide bonds. The first kappa shape index (κ1) is 20.6. The Hall–Kier alpha value is -2.16. The number of ether oxygens (including phenoxy) is 1. The summed E-state index contributed by atoms with van der Waals surface area (Å²) in [5.41, 5.74) is 0.597. The van der Waals surface area contributed by atoms with Crippen LogP contribution in [0.15, 0.2) is 47.1 Å². The smallest absolute Gasteiger partial charge is 0.159 e. The number of hydrogen-bond acceptors (Lipinski definition) is 7. The summed E-state index contributed by atoms with van der Waals surface area (Å²) in [6, 6.07) is 10.2. The van der Waals surface area contributed by atoms with Gasteiger partial charge in [-0.3, -0.25) is 9.69 Å². The van der Waals surface area contributed by atoms with E-state index in [1.807, 2.05) is 11.0 Å².